The predicted molar refractivity (Wildman–Crippen MR) is 102 cm³/mol. The smallest absolute Gasteiger partial charge is 0.269 e. The van der Waals surface area contributed by atoms with Crippen molar-refractivity contribution >= 4 is 11.9 Å². The Bertz CT molecular complexity index is 829. The van der Waals surface area contributed by atoms with E-state index >= 15 is 0 Å². The van der Waals surface area contributed by atoms with Crippen molar-refractivity contribution in [2.24, 2.45) is 7.05 Å². The minimum absolute atomic E-state index is 0.263. The molecule has 2 fully saturated rings. The van der Waals surface area contributed by atoms with Crippen molar-refractivity contribution in [3.05, 3.63) is 36.4 Å². The quantitative estimate of drug-likeness (QED) is 0.792. The second-order valence-electron chi connectivity index (χ2n) is 7.93. The summed E-state index contributed by atoms with van der Waals surface area (Å²) in [4.78, 5) is 23.3. The number of hydrogen-bond donors (Lipinski definition) is 2. The summed E-state index contributed by atoms with van der Waals surface area (Å²) in [5.74, 6) is 0.460. The lowest BCUT2D eigenvalue weighted by Crippen LogP contribution is -2.64. The van der Waals surface area contributed by atoms with E-state index in [-0.39, 0.29) is 18.1 Å². The van der Waals surface area contributed by atoms with Crippen LogP contribution in [0.25, 0.3) is 0 Å². The number of rotatable bonds is 3. The molecule has 0 unspecified atom stereocenters. The van der Waals surface area contributed by atoms with Gasteiger partial charge >= 0.3 is 0 Å². The molecular weight excluding hydrogens is 360 g/mol. The van der Waals surface area contributed by atoms with Gasteiger partial charge in [0.05, 0.1) is 23.9 Å². The molecule has 2 aromatic heterocycles. The average molecular weight is 386 g/mol. The maximum Gasteiger partial charge on any atom is 0.269 e. The number of amides is 1. The lowest BCUT2D eigenvalue weighted by molar-refractivity contribution is -0.176. The van der Waals surface area contributed by atoms with Crippen LogP contribution in [0.2, 0.25) is 0 Å². The number of aliphatic hydroxyl groups is 1. The summed E-state index contributed by atoms with van der Waals surface area (Å²) in [6.07, 6.45) is 7.09. The molecule has 2 aromatic rings. The van der Waals surface area contributed by atoms with Crippen molar-refractivity contribution in [3.8, 4) is 0 Å². The lowest BCUT2D eigenvalue weighted by Gasteiger charge is -2.51. The molecule has 0 radical (unpaired) electrons. The summed E-state index contributed by atoms with van der Waals surface area (Å²) in [5, 5.41) is 18.0. The van der Waals surface area contributed by atoms with E-state index in [4.69, 9.17) is 4.74 Å². The average Bonchev–Trinajstić information content (AvgIpc) is 3.11. The first-order valence-corrected chi connectivity index (χ1v) is 9.56. The Kier molecular flexibility index (Phi) is 4.80. The van der Waals surface area contributed by atoms with E-state index < -0.39 is 11.6 Å². The summed E-state index contributed by atoms with van der Waals surface area (Å²) < 4.78 is 7.73. The SMILES string of the molecule is Cn1nccc1C(=O)N[C@H]1COC2(CCN(c3ncccn3)CC2)C[C@]1(C)O. The number of carbonyl (C=O) groups is 1. The van der Waals surface area contributed by atoms with Crippen LogP contribution < -0.4 is 10.2 Å². The van der Waals surface area contributed by atoms with Gasteiger partial charge in [-0.05, 0) is 31.9 Å². The van der Waals surface area contributed by atoms with Crippen molar-refractivity contribution in [3.63, 3.8) is 0 Å². The fraction of sp³-hybridized carbons (Fsp3) is 0.579. The van der Waals surface area contributed by atoms with Crippen molar-refractivity contribution in [2.45, 2.75) is 43.4 Å². The lowest BCUT2D eigenvalue weighted by atomic mass is 9.75. The standard InChI is InChI=1S/C19H26N6O3/c1-18(27)13-19(5-10-25(11-6-19)17-20-7-3-8-21-17)28-12-15(18)23-16(26)14-4-9-22-24(14)2/h3-4,7-9,15,27H,5-6,10-13H2,1-2H3,(H,23,26)/t15-,18-/m0/s1. The normalized spacial score (nSPS) is 27.0. The van der Waals surface area contributed by atoms with Gasteiger partial charge in [-0.15, -0.1) is 0 Å². The molecule has 0 bridgehead atoms. The van der Waals surface area contributed by atoms with Gasteiger partial charge in [0, 0.05) is 45.1 Å². The third-order valence-corrected chi connectivity index (χ3v) is 5.86. The summed E-state index contributed by atoms with van der Waals surface area (Å²) in [6, 6.07) is 2.98. The molecule has 1 spiro atoms. The zero-order valence-corrected chi connectivity index (χ0v) is 16.2. The number of aryl methyl sites for hydroxylation is 1. The van der Waals surface area contributed by atoms with Crippen LogP contribution in [0, 0.1) is 0 Å². The van der Waals surface area contributed by atoms with Crippen molar-refractivity contribution in [1.82, 2.24) is 25.1 Å². The first-order valence-electron chi connectivity index (χ1n) is 9.56. The highest BCUT2D eigenvalue weighted by Gasteiger charge is 2.49. The molecule has 9 nitrogen and oxygen atoms in total. The number of piperidine rings is 1. The van der Waals surface area contributed by atoms with Gasteiger partial charge in [0.25, 0.3) is 5.91 Å². The minimum atomic E-state index is -1.06. The van der Waals surface area contributed by atoms with Crippen LogP contribution in [0.1, 0.15) is 36.7 Å². The van der Waals surface area contributed by atoms with Crippen LogP contribution in [0.5, 0.6) is 0 Å². The Labute approximate surface area is 163 Å². The van der Waals surface area contributed by atoms with Crippen LogP contribution in [0.15, 0.2) is 30.7 Å². The van der Waals surface area contributed by atoms with Gasteiger partial charge in [0.2, 0.25) is 5.95 Å². The molecule has 0 saturated carbocycles. The number of hydrogen-bond acceptors (Lipinski definition) is 7. The Morgan fingerprint density at radius 2 is 2.00 bits per heavy atom. The molecule has 28 heavy (non-hydrogen) atoms. The van der Waals surface area contributed by atoms with E-state index in [0.29, 0.717) is 12.1 Å². The summed E-state index contributed by atoms with van der Waals surface area (Å²) in [5.41, 5.74) is -0.993. The molecular formula is C19H26N6O3. The number of aromatic nitrogens is 4. The van der Waals surface area contributed by atoms with Crippen LogP contribution in [0.3, 0.4) is 0 Å². The molecule has 2 aliphatic rings. The second kappa shape index (κ2) is 7.14. The first-order chi connectivity index (χ1) is 13.4. The Balaban J connectivity index is 1.39. The zero-order chi connectivity index (χ0) is 19.8. The van der Waals surface area contributed by atoms with Crippen LogP contribution in [0.4, 0.5) is 5.95 Å². The molecule has 150 valence electrons. The van der Waals surface area contributed by atoms with Gasteiger partial charge in [0.1, 0.15) is 5.69 Å². The highest BCUT2D eigenvalue weighted by molar-refractivity contribution is 5.92. The van der Waals surface area contributed by atoms with Gasteiger partial charge in [0.15, 0.2) is 0 Å². The first kappa shape index (κ1) is 18.8. The fourth-order valence-electron chi connectivity index (χ4n) is 4.18. The summed E-state index contributed by atoms with van der Waals surface area (Å²) in [6.45, 7) is 3.59. The molecule has 4 heterocycles. The number of nitrogens with one attached hydrogen (secondary N) is 1. The molecule has 9 heteroatoms. The van der Waals surface area contributed by atoms with Gasteiger partial charge in [-0.1, -0.05) is 0 Å². The van der Waals surface area contributed by atoms with Gasteiger partial charge in [-0.2, -0.15) is 5.10 Å². The molecule has 1 amide bonds. The number of nitrogens with zero attached hydrogens (tertiary/aromatic N) is 5. The fourth-order valence-corrected chi connectivity index (χ4v) is 4.18. The highest BCUT2D eigenvalue weighted by atomic mass is 16.5. The molecule has 0 aliphatic carbocycles. The topological polar surface area (TPSA) is 105 Å². The molecule has 2 saturated heterocycles. The maximum atomic E-state index is 12.5. The molecule has 2 N–H and O–H groups in total. The third kappa shape index (κ3) is 3.59. The highest BCUT2D eigenvalue weighted by Crippen LogP contribution is 2.40. The van der Waals surface area contributed by atoms with E-state index in [1.807, 2.05) is 0 Å². The van der Waals surface area contributed by atoms with E-state index in [0.717, 1.165) is 31.9 Å². The van der Waals surface area contributed by atoms with Crippen molar-refractivity contribution in [2.75, 3.05) is 24.6 Å². The van der Waals surface area contributed by atoms with E-state index in [9.17, 15) is 9.90 Å². The van der Waals surface area contributed by atoms with E-state index in [1.165, 1.54) is 4.68 Å². The minimum Gasteiger partial charge on any atom is -0.388 e. The van der Waals surface area contributed by atoms with E-state index in [2.05, 4.69) is 25.3 Å². The number of anilines is 1. The van der Waals surface area contributed by atoms with Crippen LogP contribution in [-0.2, 0) is 11.8 Å². The monoisotopic (exact) mass is 386 g/mol. The van der Waals surface area contributed by atoms with Crippen LogP contribution in [-0.4, -0.2) is 67.7 Å². The Hall–Kier alpha value is -2.52. The zero-order valence-electron chi connectivity index (χ0n) is 16.2. The summed E-state index contributed by atoms with van der Waals surface area (Å²) in [7, 11) is 1.71. The Morgan fingerprint density at radius 1 is 1.29 bits per heavy atom. The number of ether oxygens (including phenoxy) is 1. The molecule has 2 atom stereocenters. The summed E-state index contributed by atoms with van der Waals surface area (Å²) >= 11 is 0. The maximum absolute atomic E-state index is 12.5. The van der Waals surface area contributed by atoms with Gasteiger partial charge in [-0.3, -0.25) is 9.48 Å². The molecule has 0 aromatic carbocycles. The van der Waals surface area contributed by atoms with Crippen LogP contribution >= 0.6 is 0 Å². The van der Waals surface area contributed by atoms with E-state index in [1.54, 1.807) is 44.7 Å². The molecule has 2 aliphatic heterocycles. The van der Waals surface area contributed by atoms with Crippen molar-refractivity contribution < 1.29 is 14.6 Å². The molecule has 4 rings (SSSR count). The van der Waals surface area contributed by atoms with Crippen molar-refractivity contribution in [1.29, 1.82) is 0 Å². The Morgan fingerprint density at radius 3 is 2.61 bits per heavy atom. The largest absolute Gasteiger partial charge is 0.388 e. The second-order valence-corrected chi connectivity index (χ2v) is 7.93. The van der Waals surface area contributed by atoms with Gasteiger partial charge in [-0.25, -0.2) is 9.97 Å². The van der Waals surface area contributed by atoms with Gasteiger partial charge < -0.3 is 20.1 Å². The number of carbonyl (C=O) groups excluding carboxylic acids is 1. The third-order valence-electron chi connectivity index (χ3n) is 5.86. The predicted octanol–water partition coefficient (Wildman–Crippen LogP) is 0.519.